The topological polar surface area (TPSA) is 148 Å². The van der Waals surface area contributed by atoms with E-state index in [1.54, 1.807) is 24.3 Å². The van der Waals surface area contributed by atoms with Crippen LogP contribution in [-0.4, -0.2) is 35.6 Å². The number of carbonyl (C=O) groups excluding carboxylic acids is 3. The van der Waals surface area contributed by atoms with Gasteiger partial charge in [0, 0.05) is 12.1 Å². The van der Waals surface area contributed by atoms with E-state index in [0.29, 0.717) is 5.56 Å². The molecule has 0 bridgehead atoms. The van der Waals surface area contributed by atoms with Gasteiger partial charge in [-0.15, -0.1) is 0 Å². The fraction of sp³-hybridized carbons (Fsp3) is 0.250. The number of carbonyl (C=O) groups is 3. The van der Waals surface area contributed by atoms with Gasteiger partial charge in [0.15, 0.2) is 0 Å². The van der Waals surface area contributed by atoms with Crippen molar-refractivity contribution in [3.8, 4) is 0 Å². The zero-order valence-corrected chi connectivity index (χ0v) is 10.6. The average Bonchev–Trinajstić information content (AvgIpc) is 2.42. The number of hydrogen-bond acceptors (Lipinski definition) is 4. The largest absolute Gasteiger partial charge is 0.381 e. The molecule has 1 rings (SSSR count). The Morgan fingerprint density at radius 1 is 1.10 bits per heavy atom. The highest BCUT2D eigenvalue weighted by molar-refractivity contribution is 5.94. The molecule has 0 aromatic heterocycles. The van der Waals surface area contributed by atoms with E-state index >= 15 is 0 Å². The van der Waals surface area contributed by atoms with Crippen molar-refractivity contribution in [1.29, 1.82) is 0 Å². The second-order valence-corrected chi connectivity index (χ2v) is 4.04. The number of urea groups is 1. The summed E-state index contributed by atoms with van der Waals surface area (Å²) >= 11 is 0. The summed E-state index contributed by atoms with van der Waals surface area (Å²) in [4.78, 5) is 32.8. The van der Waals surface area contributed by atoms with E-state index in [0.717, 1.165) is 5.56 Å². The molecule has 1 aromatic carbocycles. The molecule has 1 aromatic rings. The lowest BCUT2D eigenvalue weighted by Gasteiger charge is -2.09. The van der Waals surface area contributed by atoms with Gasteiger partial charge in [-0.1, -0.05) is 12.1 Å². The maximum absolute atomic E-state index is 11.7. The van der Waals surface area contributed by atoms with Gasteiger partial charge in [-0.25, -0.2) is 4.79 Å². The highest BCUT2D eigenvalue weighted by atomic mass is 16.3. The highest BCUT2D eigenvalue weighted by Gasteiger charge is 2.13. The molecule has 0 heterocycles. The van der Waals surface area contributed by atoms with E-state index in [-0.39, 0.29) is 13.1 Å². The molecule has 1 unspecified atom stereocenters. The Morgan fingerprint density at radius 3 is 2.20 bits per heavy atom. The summed E-state index contributed by atoms with van der Waals surface area (Å²) in [5.74, 6) is -1.35. The molecule has 4 amide bonds. The predicted molar refractivity (Wildman–Crippen MR) is 70.4 cm³/mol. The van der Waals surface area contributed by atoms with Crippen LogP contribution >= 0.6 is 0 Å². The molecular weight excluding hydrogens is 264 g/mol. The fourth-order valence-electron chi connectivity index (χ4n) is 1.36. The van der Waals surface area contributed by atoms with Crippen molar-refractivity contribution in [3.05, 3.63) is 35.4 Å². The van der Waals surface area contributed by atoms with Crippen LogP contribution in [0.5, 0.6) is 0 Å². The zero-order chi connectivity index (χ0) is 15.1. The van der Waals surface area contributed by atoms with Crippen molar-refractivity contribution < 1.29 is 19.5 Å². The summed E-state index contributed by atoms with van der Waals surface area (Å²) in [6.07, 6.45) is -1.42. The predicted octanol–water partition coefficient (Wildman–Crippen LogP) is -1.57. The molecule has 0 fully saturated rings. The van der Waals surface area contributed by atoms with Crippen LogP contribution < -0.4 is 22.1 Å². The van der Waals surface area contributed by atoms with Crippen molar-refractivity contribution in [2.45, 2.75) is 12.6 Å². The van der Waals surface area contributed by atoms with Crippen molar-refractivity contribution in [1.82, 2.24) is 10.6 Å². The highest BCUT2D eigenvalue weighted by Crippen LogP contribution is 2.04. The fourth-order valence-corrected chi connectivity index (χ4v) is 1.36. The monoisotopic (exact) mass is 280 g/mol. The SMILES string of the molecule is NC(=O)NCc1ccc(C(=O)NCC(O)C(N)=O)cc1. The third-order valence-electron chi connectivity index (χ3n) is 2.47. The summed E-state index contributed by atoms with van der Waals surface area (Å²) in [6, 6.07) is 5.76. The molecule has 8 heteroatoms. The number of amides is 4. The Kier molecular flexibility index (Phi) is 5.48. The minimum absolute atomic E-state index is 0.251. The summed E-state index contributed by atoms with van der Waals surface area (Å²) in [5.41, 5.74) is 10.9. The van der Waals surface area contributed by atoms with Crippen molar-refractivity contribution in [2.24, 2.45) is 11.5 Å². The van der Waals surface area contributed by atoms with Crippen LogP contribution in [0, 0.1) is 0 Å². The van der Waals surface area contributed by atoms with Gasteiger partial charge >= 0.3 is 6.03 Å². The van der Waals surface area contributed by atoms with E-state index in [1.165, 1.54) is 0 Å². The summed E-state index contributed by atoms with van der Waals surface area (Å²) in [7, 11) is 0. The summed E-state index contributed by atoms with van der Waals surface area (Å²) in [5, 5.41) is 13.9. The van der Waals surface area contributed by atoms with Crippen LogP contribution in [0.4, 0.5) is 4.79 Å². The molecular formula is C12H16N4O4. The number of nitrogens with one attached hydrogen (secondary N) is 2. The number of aliphatic hydroxyl groups excluding tert-OH is 1. The van der Waals surface area contributed by atoms with Crippen LogP contribution in [0.1, 0.15) is 15.9 Å². The van der Waals surface area contributed by atoms with Crippen molar-refractivity contribution in [3.63, 3.8) is 0 Å². The Hall–Kier alpha value is -2.61. The van der Waals surface area contributed by atoms with Gasteiger partial charge in [-0.3, -0.25) is 9.59 Å². The molecule has 1 atom stereocenters. The molecule has 108 valence electrons. The van der Waals surface area contributed by atoms with Crippen LogP contribution in [0.15, 0.2) is 24.3 Å². The molecule has 0 spiro atoms. The number of hydrogen-bond donors (Lipinski definition) is 5. The maximum Gasteiger partial charge on any atom is 0.312 e. The van der Waals surface area contributed by atoms with Gasteiger partial charge < -0.3 is 27.2 Å². The molecule has 0 aliphatic heterocycles. The Bertz CT molecular complexity index is 501. The summed E-state index contributed by atoms with van der Waals surface area (Å²) in [6.45, 7) is 0.0107. The van der Waals surface area contributed by atoms with Gasteiger partial charge in [-0.2, -0.15) is 0 Å². The van der Waals surface area contributed by atoms with Crippen LogP contribution in [0.25, 0.3) is 0 Å². The number of benzene rings is 1. The lowest BCUT2D eigenvalue weighted by atomic mass is 10.1. The van der Waals surface area contributed by atoms with Gasteiger partial charge in [-0.05, 0) is 17.7 Å². The van der Waals surface area contributed by atoms with Crippen LogP contribution in [-0.2, 0) is 11.3 Å². The normalized spacial score (nSPS) is 11.4. The lowest BCUT2D eigenvalue weighted by molar-refractivity contribution is -0.125. The zero-order valence-electron chi connectivity index (χ0n) is 10.6. The smallest absolute Gasteiger partial charge is 0.312 e. The number of rotatable bonds is 6. The van der Waals surface area contributed by atoms with E-state index in [9.17, 15) is 14.4 Å². The third-order valence-corrected chi connectivity index (χ3v) is 2.47. The molecule has 0 saturated carbocycles. The van der Waals surface area contributed by atoms with Gasteiger partial charge in [0.2, 0.25) is 5.91 Å². The Morgan fingerprint density at radius 2 is 1.70 bits per heavy atom. The minimum atomic E-state index is -1.42. The second-order valence-electron chi connectivity index (χ2n) is 4.04. The van der Waals surface area contributed by atoms with E-state index in [1.807, 2.05) is 0 Å². The number of aliphatic hydroxyl groups is 1. The van der Waals surface area contributed by atoms with Crippen molar-refractivity contribution >= 4 is 17.8 Å². The maximum atomic E-state index is 11.7. The van der Waals surface area contributed by atoms with Gasteiger partial charge in [0.25, 0.3) is 5.91 Å². The first-order chi connectivity index (χ1) is 9.40. The van der Waals surface area contributed by atoms with Crippen LogP contribution in [0.2, 0.25) is 0 Å². The molecule has 0 aliphatic carbocycles. The number of primary amides is 2. The molecule has 7 N–H and O–H groups in total. The van der Waals surface area contributed by atoms with E-state index < -0.39 is 23.9 Å². The standard InChI is InChI=1S/C12H16N4O4/c13-10(18)9(17)6-15-11(19)8-3-1-7(2-4-8)5-16-12(14)20/h1-4,9,17H,5-6H2,(H2,13,18)(H,15,19)(H3,14,16,20). The second kappa shape index (κ2) is 7.10. The third kappa shape index (κ3) is 4.94. The molecule has 0 aliphatic rings. The number of nitrogens with two attached hydrogens (primary N) is 2. The molecule has 0 saturated heterocycles. The van der Waals surface area contributed by atoms with E-state index in [4.69, 9.17) is 16.6 Å². The molecule has 0 radical (unpaired) electrons. The average molecular weight is 280 g/mol. The quantitative estimate of drug-likeness (QED) is 0.428. The summed E-state index contributed by atoms with van der Waals surface area (Å²) < 4.78 is 0. The lowest BCUT2D eigenvalue weighted by Crippen LogP contribution is -2.39. The minimum Gasteiger partial charge on any atom is -0.381 e. The first-order valence-corrected chi connectivity index (χ1v) is 5.78. The van der Waals surface area contributed by atoms with Gasteiger partial charge in [0.1, 0.15) is 6.10 Å². The first kappa shape index (κ1) is 15.4. The van der Waals surface area contributed by atoms with Crippen LogP contribution in [0.3, 0.4) is 0 Å². The Balaban J connectivity index is 2.53. The first-order valence-electron chi connectivity index (χ1n) is 5.78. The Labute approximate surface area is 115 Å². The van der Waals surface area contributed by atoms with Gasteiger partial charge in [0.05, 0.1) is 6.54 Å². The van der Waals surface area contributed by atoms with E-state index in [2.05, 4.69) is 10.6 Å². The van der Waals surface area contributed by atoms with Crippen molar-refractivity contribution in [2.75, 3.05) is 6.54 Å². The molecule has 8 nitrogen and oxygen atoms in total. The molecule has 20 heavy (non-hydrogen) atoms.